The van der Waals surface area contributed by atoms with Crippen LogP contribution in [0.2, 0.25) is 0 Å². The van der Waals surface area contributed by atoms with Gasteiger partial charge in [0.15, 0.2) is 0 Å². The molecule has 0 spiro atoms. The number of aliphatic hydroxyl groups is 1. The second-order valence-corrected chi connectivity index (χ2v) is 4.80. The summed E-state index contributed by atoms with van der Waals surface area (Å²) in [4.78, 5) is 0. The van der Waals surface area contributed by atoms with Crippen molar-refractivity contribution in [2.45, 2.75) is 33.3 Å². The molecule has 0 aliphatic carbocycles. The van der Waals surface area contributed by atoms with Gasteiger partial charge in [-0.25, -0.2) is 4.39 Å². The normalized spacial score (nSPS) is 14.1. The smallest absolute Gasteiger partial charge is 0.128 e. The van der Waals surface area contributed by atoms with Gasteiger partial charge in [-0.05, 0) is 17.9 Å². The monoisotopic (exact) mass is 196 g/mol. The molecule has 1 unspecified atom stereocenters. The van der Waals surface area contributed by atoms with Gasteiger partial charge in [0.2, 0.25) is 0 Å². The average molecular weight is 196 g/mol. The Morgan fingerprint density at radius 1 is 1.29 bits per heavy atom. The number of aliphatic hydroxyl groups excluding tert-OH is 1. The van der Waals surface area contributed by atoms with Crippen LogP contribution >= 0.6 is 0 Å². The summed E-state index contributed by atoms with van der Waals surface area (Å²) >= 11 is 0. The lowest BCUT2D eigenvalue weighted by atomic mass is 9.87. The summed E-state index contributed by atoms with van der Waals surface area (Å²) in [6.45, 7) is 6.07. The lowest BCUT2D eigenvalue weighted by Gasteiger charge is -2.22. The van der Waals surface area contributed by atoms with E-state index >= 15 is 0 Å². The maximum atomic E-state index is 13.3. The van der Waals surface area contributed by atoms with Crippen LogP contribution in [0.5, 0.6) is 0 Å². The quantitative estimate of drug-likeness (QED) is 0.769. The molecular weight excluding hydrogens is 179 g/mol. The molecule has 0 saturated heterocycles. The molecule has 1 nitrogen and oxygen atoms in total. The Balaban J connectivity index is 2.80. The van der Waals surface area contributed by atoms with Crippen LogP contribution in [0.25, 0.3) is 0 Å². The second kappa shape index (κ2) is 4.09. The Kier molecular flexibility index (Phi) is 3.27. The van der Waals surface area contributed by atoms with Crippen molar-refractivity contribution in [3.05, 3.63) is 35.6 Å². The summed E-state index contributed by atoms with van der Waals surface area (Å²) in [7, 11) is 0. The summed E-state index contributed by atoms with van der Waals surface area (Å²) in [5.74, 6) is -0.329. The van der Waals surface area contributed by atoms with Gasteiger partial charge < -0.3 is 5.11 Å². The highest BCUT2D eigenvalue weighted by molar-refractivity contribution is 5.19. The summed E-state index contributed by atoms with van der Waals surface area (Å²) in [5.41, 5.74) is 0.393. The molecule has 0 heterocycles. The average Bonchev–Trinajstić information content (AvgIpc) is 2.01. The predicted octanol–water partition coefficient (Wildman–Crippen LogP) is 3.30. The molecule has 0 fully saturated rings. The van der Waals surface area contributed by atoms with Crippen molar-refractivity contribution >= 4 is 0 Å². The van der Waals surface area contributed by atoms with E-state index in [0.717, 1.165) is 0 Å². The molecule has 0 aliphatic rings. The van der Waals surface area contributed by atoms with Crippen LogP contribution < -0.4 is 0 Å². The van der Waals surface area contributed by atoms with Crippen LogP contribution in [-0.2, 0) is 0 Å². The lowest BCUT2D eigenvalue weighted by Crippen LogP contribution is -2.12. The van der Waals surface area contributed by atoms with Gasteiger partial charge in [-0.2, -0.15) is 0 Å². The fraction of sp³-hybridized carbons (Fsp3) is 0.500. The maximum absolute atomic E-state index is 13.3. The number of hydrogen-bond donors (Lipinski definition) is 1. The van der Waals surface area contributed by atoms with Crippen LogP contribution in [-0.4, -0.2) is 5.11 Å². The van der Waals surface area contributed by atoms with E-state index in [9.17, 15) is 9.50 Å². The summed E-state index contributed by atoms with van der Waals surface area (Å²) in [5, 5.41) is 9.80. The molecule has 14 heavy (non-hydrogen) atoms. The van der Waals surface area contributed by atoms with Crippen molar-refractivity contribution in [3.63, 3.8) is 0 Å². The third-order valence-electron chi connectivity index (χ3n) is 2.07. The van der Waals surface area contributed by atoms with E-state index in [0.29, 0.717) is 12.0 Å². The summed E-state index contributed by atoms with van der Waals surface area (Å²) in [6.07, 6.45) is -0.148. The van der Waals surface area contributed by atoms with Crippen molar-refractivity contribution in [1.29, 1.82) is 0 Å². The molecule has 0 amide bonds. The Labute approximate surface area is 84.6 Å². The highest BCUT2D eigenvalue weighted by Gasteiger charge is 2.19. The second-order valence-electron chi connectivity index (χ2n) is 4.80. The summed E-state index contributed by atoms with van der Waals surface area (Å²) in [6, 6.07) is 6.37. The molecule has 78 valence electrons. The largest absolute Gasteiger partial charge is 0.388 e. The zero-order chi connectivity index (χ0) is 10.8. The van der Waals surface area contributed by atoms with Gasteiger partial charge >= 0.3 is 0 Å². The molecule has 0 saturated carbocycles. The molecule has 1 rings (SSSR count). The first kappa shape index (κ1) is 11.2. The van der Waals surface area contributed by atoms with Gasteiger partial charge in [0.1, 0.15) is 5.82 Å². The minimum atomic E-state index is -0.712. The topological polar surface area (TPSA) is 20.2 Å². The van der Waals surface area contributed by atoms with Gasteiger partial charge in [-0.1, -0.05) is 39.0 Å². The third kappa shape index (κ3) is 3.11. The van der Waals surface area contributed by atoms with Gasteiger partial charge in [-0.15, -0.1) is 0 Å². The zero-order valence-corrected chi connectivity index (χ0v) is 8.92. The molecule has 0 aliphatic heterocycles. The van der Waals surface area contributed by atoms with Gasteiger partial charge in [0, 0.05) is 5.56 Å². The lowest BCUT2D eigenvalue weighted by molar-refractivity contribution is 0.119. The fourth-order valence-electron chi connectivity index (χ4n) is 1.44. The third-order valence-corrected chi connectivity index (χ3v) is 2.07. The zero-order valence-electron chi connectivity index (χ0n) is 8.92. The molecule has 1 aromatic carbocycles. The van der Waals surface area contributed by atoms with E-state index < -0.39 is 6.10 Å². The van der Waals surface area contributed by atoms with Crippen molar-refractivity contribution in [2.24, 2.45) is 5.41 Å². The van der Waals surface area contributed by atoms with Crippen LogP contribution in [0, 0.1) is 11.2 Å². The highest BCUT2D eigenvalue weighted by atomic mass is 19.1. The van der Waals surface area contributed by atoms with Gasteiger partial charge in [-0.3, -0.25) is 0 Å². The predicted molar refractivity (Wildman–Crippen MR) is 55.4 cm³/mol. The molecular formula is C12H17FO. The summed E-state index contributed by atoms with van der Waals surface area (Å²) < 4.78 is 13.3. The first-order chi connectivity index (χ1) is 6.40. The van der Waals surface area contributed by atoms with Crippen molar-refractivity contribution in [3.8, 4) is 0 Å². The van der Waals surface area contributed by atoms with Crippen LogP contribution in [0.15, 0.2) is 24.3 Å². The van der Waals surface area contributed by atoms with E-state index in [1.165, 1.54) is 6.07 Å². The van der Waals surface area contributed by atoms with Crippen molar-refractivity contribution in [1.82, 2.24) is 0 Å². The van der Waals surface area contributed by atoms with Crippen LogP contribution in [0.4, 0.5) is 4.39 Å². The molecule has 0 radical (unpaired) electrons. The van der Waals surface area contributed by atoms with E-state index in [1.54, 1.807) is 18.2 Å². The Morgan fingerprint density at radius 2 is 1.86 bits per heavy atom. The number of benzene rings is 1. The van der Waals surface area contributed by atoms with Crippen LogP contribution in [0.3, 0.4) is 0 Å². The Bertz CT molecular complexity index is 301. The maximum Gasteiger partial charge on any atom is 0.128 e. The van der Waals surface area contributed by atoms with E-state index in [1.807, 2.05) is 20.8 Å². The first-order valence-electron chi connectivity index (χ1n) is 4.83. The van der Waals surface area contributed by atoms with Crippen molar-refractivity contribution < 1.29 is 9.50 Å². The number of halogens is 1. The van der Waals surface area contributed by atoms with E-state index in [4.69, 9.17) is 0 Å². The van der Waals surface area contributed by atoms with E-state index in [-0.39, 0.29) is 11.2 Å². The molecule has 1 atom stereocenters. The minimum Gasteiger partial charge on any atom is -0.388 e. The molecule has 1 aromatic rings. The molecule has 0 bridgehead atoms. The molecule has 0 aromatic heterocycles. The van der Waals surface area contributed by atoms with Gasteiger partial charge in [0.25, 0.3) is 0 Å². The van der Waals surface area contributed by atoms with Crippen LogP contribution in [0.1, 0.15) is 38.9 Å². The Hall–Kier alpha value is -0.890. The standard InChI is InChI=1S/C12H17FO/c1-12(2,3)8-11(14)9-6-4-5-7-10(9)13/h4-7,11,14H,8H2,1-3H3. The number of hydrogen-bond acceptors (Lipinski definition) is 1. The van der Waals surface area contributed by atoms with E-state index in [2.05, 4.69) is 0 Å². The highest BCUT2D eigenvalue weighted by Crippen LogP contribution is 2.30. The molecule has 2 heteroatoms. The fourth-order valence-corrected chi connectivity index (χ4v) is 1.44. The SMILES string of the molecule is CC(C)(C)CC(O)c1ccccc1F. The van der Waals surface area contributed by atoms with Crippen molar-refractivity contribution in [2.75, 3.05) is 0 Å². The van der Waals surface area contributed by atoms with Gasteiger partial charge in [0.05, 0.1) is 6.10 Å². The molecule has 1 N–H and O–H groups in total. The first-order valence-corrected chi connectivity index (χ1v) is 4.83. The number of rotatable bonds is 2. The minimum absolute atomic E-state index is 0.00168. The Morgan fingerprint density at radius 3 is 2.36 bits per heavy atom.